The number of ether oxygens (including phenoxy) is 1. The number of hydrogen-bond acceptors (Lipinski definition) is 3. The largest absolute Gasteiger partial charge is 0.435 e. The number of halogens is 5. The number of nitrogens with zero attached hydrogens (tertiary/aromatic N) is 1. The molecular formula is C11H6Cl4FNO2S. The lowest BCUT2D eigenvalue weighted by Crippen LogP contribution is -2.28. The third-order valence-corrected chi connectivity index (χ3v) is 3.68. The van der Waals surface area contributed by atoms with Crippen molar-refractivity contribution in [1.29, 1.82) is 0 Å². The molecule has 0 radical (unpaired) electrons. The van der Waals surface area contributed by atoms with Crippen molar-refractivity contribution in [2.75, 3.05) is 10.9 Å². The summed E-state index contributed by atoms with van der Waals surface area (Å²) in [6.45, 7) is -0.291. The van der Waals surface area contributed by atoms with Gasteiger partial charge in [-0.1, -0.05) is 52.3 Å². The number of terminal acetylenes is 1. The van der Waals surface area contributed by atoms with Gasteiger partial charge in [0.05, 0.1) is 15.7 Å². The molecule has 9 heteroatoms. The second-order valence-corrected chi connectivity index (χ2v) is 6.80. The average Bonchev–Trinajstić information content (AvgIpc) is 2.35. The first kappa shape index (κ1) is 17.5. The molecule has 0 aromatic heterocycles. The fourth-order valence-corrected chi connectivity index (χ4v) is 2.33. The van der Waals surface area contributed by atoms with Crippen LogP contribution in [0, 0.1) is 12.3 Å². The van der Waals surface area contributed by atoms with Gasteiger partial charge in [-0.05, 0) is 18.2 Å². The van der Waals surface area contributed by atoms with E-state index < -0.39 is 10.0 Å². The third-order valence-electron chi connectivity index (χ3n) is 1.78. The number of hydrogen-bond donors (Lipinski definition) is 0. The van der Waals surface area contributed by atoms with Crippen LogP contribution < -0.4 is 4.31 Å². The van der Waals surface area contributed by atoms with Gasteiger partial charge < -0.3 is 4.74 Å². The van der Waals surface area contributed by atoms with Crippen LogP contribution in [0.5, 0.6) is 0 Å². The number of anilines is 1. The predicted octanol–water partition coefficient (Wildman–Crippen LogP) is 5.28. The van der Waals surface area contributed by atoms with Gasteiger partial charge in [-0.15, -0.1) is 6.42 Å². The maximum Gasteiger partial charge on any atom is 0.425 e. The lowest BCUT2D eigenvalue weighted by Gasteiger charge is -2.23. The number of carbonyl (C=O) groups is 1. The molecule has 0 aliphatic carbocycles. The van der Waals surface area contributed by atoms with Gasteiger partial charge in [0.25, 0.3) is 0 Å². The summed E-state index contributed by atoms with van der Waals surface area (Å²) in [7, 11) is 0. The third kappa shape index (κ3) is 5.47. The van der Waals surface area contributed by atoms with E-state index in [9.17, 15) is 9.18 Å². The zero-order valence-corrected chi connectivity index (χ0v) is 13.4. The fourth-order valence-electron chi connectivity index (χ4n) is 1.07. The summed E-state index contributed by atoms with van der Waals surface area (Å²) < 4.78 is 16.1. The number of benzene rings is 1. The van der Waals surface area contributed by atoms with Crippen LogP contribution in [-0.4, -0.2) is 16.6 Å². The van der Waals surface area contributed by atoms with E-state index in [-0.39, 0.29) is 34.3 Å². The maximum atomic E-state index is 13.3. The molecular weight excluding hydrogens is 371 g/mol. The van der Waals surface area contributed by atoms with E-state index in [2.05, 4.69) is 5.92 Å². The molecule has 1 amide bonds. The first-order valence-electron chi connectivity index (χ1n) is 4.86. The quantitative estimate of drug-likeness (QED) is 0.407. The zero-order chi connectivity index (χ0) is 15.3. The highest BCUT2D eigenvalue weighted by Crippen LogP contribution is 2.42. The predicted molar refractivity (Wildman–Crippen MR) is 82.3 cm³/mol. The summed E-state index contributed by atoms with van der Waals surface area (Å²) in [5, 5.41) is 0.425. The van der Waals surface area contributed by atoms with Gasteiger partial charge in [0.1, 0.15) is 0 Å². The van der Waals surface area contributed by atoms with Crippen molar-refractivity contribution >= 4 is 70.1 Å². The summed E-state index contributed by atoms with van der Waals surface area (Å²) in [6, 6.07) is 4.16. The Kier molecular flexibility index (Phi) is 6.56. The molecule has 0 aliphatic heterocycles. The molecule has 0 N–H and O–H groups in total. The van der Waals surface area contributed by atoms with E-state index in [0.29, 0.717) is 0 Å². The fraction of sp³-hybridized carbons (Fsp3) is 0.182. The molecule has 0 unspecified atom stereocenters. The van der Waals surface area contributed by atoms with E-state index in [1.807, 2.05) is 0 Å². The Morgan fingerprint density at radius 2 is 2.10 bits per heavy atom. The van der Waals surface area contributed by atoms with Crippen molar-refractivity contribution in [3.05, 3.63) is 28.2 Å². The Balaban J connectivity index is 3.06. The number of alkyl halides is 3. The molecule has 0 spiro atoms. The van der Waals surface area contributed by atoms with Crippen LogP contribution in [-0.2, 0) is 4.74 Å². The van der Waals surface area contributed by atoms with Crippen molar-refractivity contribution in [3.8, 4) is 12.3 Å². The normalized spacial score (nSPS) is 10.8. The summed E-state index contributed by atoms with van der Waals surface area (Å²) in [6.07, 6.45) is 4.02. The number of rotatable bonds is 4. The smallest absolute Gasteiger partial charge is 0.425 e. The highest BCUT2D eigenvalue weighted by atomic mass is 35.5. The van der Waals surface area contributed by atoms with Gasteiger partial charge in [0.2, 0.25) is 0 Å². The first-order chi connectivity index (χ1) is 9.24. The van der Waals surface area contributed by atoms with Crippen molar-refractivity contribution in [3.63, 3.8) is 0 Å². The molecule has 20 heavy (non-hydrogen) atoms. The topological polar surface area (TPSA) is 29.5 Å². The van der Waals surface area contributed by atoms with E-state index in [4.69, 9.17) is 57.6 Å². The van der Waals surface area contributed by atoms with Gasteiger partial charge in [-0.25, -0.2) is 9.10 Å². The molecule has 0 bridgehead atoms. The van der Waals surface area contributed by atoms with E-state index in [1.54, 1.807) is 0 Å². The molecule has 108 valence electrons. The molecule has 1 rings (SSSR count). The Hall–Kier alpha value is -0.510. The lowest BCUT2D eigenvalue weighted by atomic mass is 10.3. The van der Waals surface area contributed by atoms with E-state index in [1.165, 1.54) is 18.2 Å². The highest BCUT2D eigenvalue weighted by molar-refractivity contribution is 8.04. The number of carbonyl (C=O) groups excluding carboxylic acids is 1. The molecule has 0 aliphatic rings. The molecule has 0 fully saturated rings. The molecule has 0 atom stereocenters. The minimum absolute atomic E-state index is 0.160. The molecule has 1 aromatic rings. The van der Waals surface area contributed by atoms with Gasteiger partial charge in [-0.3, -0.25) is 0 Å². The van der Waals surface area contributed by atoms with Crippen molar-refractivity contribution in [1.82, 2.24) is 0 Å². The highest BCUT2D eigenvalue weighted by Gasteiger charge is 2.32. The average molecular weight is 377 g/mol. The summed E-state index contributed by atoms with van der Waals surface area (Å²) in [5.41, 5.74) is 0.176. The van der Waals surface area contributed by atoms with Crippen LogP contribution >= 0.6 is 58.4 Å². The lowest BCUT2D eigenvalue weighted by molar-refractivity contribution is 0.172. The zero-order valence-electron chi connectivity index (χ0n) is 9.58. The van der Waals surface area contributed by atoms with Crippen molar-refractivity contribution in [2.45, 2.75) is 3.92 Å². The van der Waals surface area contributed by atoms with Crippen molar-refractivity contribution in [2.24, 2.45) is 0 Å². The minimum Gasteiger partial charge on any atom is -0.435 e. The van der Waals surface area contributed by atoms with Crippen LogP contribution in [0.25, 0.3) is 0 Å². The molecule has 0 saturated heterocycles. The Bertz CT molecular complexity index is 544. The van der Waals surface area contributed by atoms with Crippen LogP contribution in [0.2, 0.25) is 10.0 Å². The Labute approximate surface area is 139 Å². The second kappa shape index (κ2) is 7.48. The number of amides is 1. The van der Waals surface area contributed by atoms with Crippen LogP contribution in [0.4, 0.5) is 14.9 Å². The summed E-state index contributed by atoms with van der Waals surface area (Å²) in [4.78, 5) is 11.8. The summed E-state index contributed by atoms with van der Waals surface area (Å²) >= 11 is 22.2. The molecule has 3 nitrogen and oxygen atoms in total. The van der Waals surface area contributed by atoms with E-state index >= 15 is 0 Å². The monoisotopic (exact) mass is 375 g/mol. The van der Waals surface area contributed by atoms with Crippen LogP contribution in [0.3, 0.4) is 0 Å². The summed E-state index contributed by atoms with van der Waals surface area (Å²) in [5.74, 6) is 2.10. The van der Waals surface area contributed by atoms with Crippen LogP contribution in [0.15, 0.2) is 18.2 Å². The molecule has 0 saturated carbocycles. The van der Waals surface area contributed by atoms with Gasteiger partial charge in [-0.2, -0.15) is 4.39 Å². The Morgan fingerprint density at radius 3 is 2.60 bits per heavy atom. The van der Waals surface area contributed by atoms with Gasteiger partial charge >= 0.3 is 10.0 Å². The van der Waals surface area contributed by atoms with Crippen LogP contribution in [0.1, 0.15) is 0 Å². The molecule has 1 aromatic carbocycles. The standard InChI is InChI=1S/C11H6Cl4FNO2S/c1-2-5-19-10(18)17(20-11(14,15)16)7-3-4-8(12)9(13)6-7/h1,3-4,6H,5H2. The van der Waals surface area contributed by atoms with E-state index in [0.717, 1.165) is 4.31 Å². The molecule has 0 heterocycles. The van der Waals surface area contributed by atoms with Gasteiger partial charge in [0, 0.05) is 11.9 Å². The second-order valence-electron chi connectivity index (χ2n) is 3.19. The van der Waals surface area contributed by atoms with Crippen molar-refractivity contribution < 1.29 is 13.9 Å². The maximum absolute atomic E-state index is 13.3. The van der Waals surface area contributed by atoms with Gasteiger partial charge in [0.15, 0.2) is 6.61 Å². The SMILES string of the molecule is C#CCOC(=O)N(SC(F)(Cl)Cl)c1ccc(Cl)c(Cl)c1. The minimum atomic E-state index is -2.75. The first-order valence-corrected chi connectivity index (χ1v) is 7.14. The Morgan fingerprint density at radius 1 is 1.45 bits per heavy atom.